The number of anilines is 1. The molecule has 1 N–H and O–H groups in total. The lowest BCUT2D eigenvalue weighted by Gasteiger charge is -2.37. The SMILES string of the molecule is CCN1OC2(CCN(C(=O)Nc3cccc(F)c3)CC2)CC1=O. The van der Waals surface area contributed by atoms with Gasteiger partial charge >= 0.3 is 6.03 Å². The number of nitrogens with one attached hydrogen (secondary N) is 1. The first kappa shape index (κ1) is 15.7. The fourth-order valence-electron chi connectivity index (χ4n) is 3.08. The maximum absolute atomic E-state index is 13.1. The van der Waals surface area contributed by atoms with Crippen LogP contribution in [-0.2, 0) is 9.63 Å². The summed E-state index contributed by atoms with van der Waals surface area (Å²) in [5, 5.41) is 4.09. The van der Waals surface area contributed by atoms with Crippen LogP contribution < -0.4 is 5.32 Å². The molecule has 0 aromatic heterocycles. The second-order valence-electron chi connectivity index (χ2n) is 5.97. The van der Waals surface area contributed by atoms with E-state index in [4.69, 9.17) is 4.84 Å². The van der Waals surface area contributed by atoms with Crippen LogP contribution in [0.3, 0.4) is 0 Å². The van der Waals surface area contributed by atoms with Gasteiger partial charge in [0.25, 0.3) is 0 Å². The van der Waals surface area contributed by atoms with Crippen molar-refractivity contribution in [3.8, 4) is 0 Å². The molecule has 0 unspecified atom stereocenters. The van der Waals surface area contributed by atoms with Crippen molar-refractivity contribution in [2.45, 2.75) is 31.8 Å². The van der Waals surface area contributed by atoms with E-state index in [1.54, 1.807) is 17.0 Å². The molecule has 124 valence electrons. The topological polar surface area (TPSA) is 61.9 Å². The number of hydrogen-bond donors (Lipinski definition) is 1. The average Bonchev–Trinajstić information content (AvgIpc) is 2.83. The van der Waals surface area contributed by atoms with E-state index in [1.807, 2.05) is 6.92 Å². The van der Waals surface area contributed by atoms with E-state index in [9.17, 15) is 14.0 Å². The van der Waals surface area contributed by atoms with Crippen LogP contribution in [0.15, 0.2) is 24.3 Å². The largest absolute Gasteiger partial charge is 0.324 e. The third kappa shape index (κ3) is 3.29. The van der Waals surface area contributed by atoms with Crippen molar-refractivity contribution in [1.82, 2.24) is 9.96 Å². The van der Waals surface area contributed by atoms with Crippen molar-refractivity contribution < 1.29 is 18.8 Å². The van der Waals surface area contributed by atoms with Gasteiger partial charge in [0.05, 0.1) is 6.42 Å². The van der Waals surface area contributed by atoms with Crippen LogP contribution in [0, 0.1) is 5.82 Å². The minimum Gasteiger partial charge on any atom is -0.324 e. The maximum atomic E-state index is 13.1. The predicted molar refractivity (Wildman–Crippen MR) is 82.0 cm³/mol. The van der Waals surface area contributed by atoms with E-state index in [0.29, 0.717) is 44.6 Å². The average molecular weight is 321 g/mol. The highest BCUT2D eigenvalue weighted by Crippen LogP contribution is 2.36. The quantitative estimate of drug-likeness (QED) is 0.910. The fourth-order valence-corrected chi connectivity index (χ4v) is 3.08. The standard InChI is InChI=1S/C16H20FN3O3/c1-2-20-14(21)11-16(23-20)6-8-19(9-7-16)15(22)18-13-5-3-4-12(17)10-13/h3-5,10H,2,6-9,11H2,1H3,(H,18,22). The van der Waals surface area contributed by atoms with Gasteiger partial charge in [0, 0.05) is 25.3 Å². The van der Waals surface area contributed by atoms with E-state index in [1.165, 1.54) is 17.2 Å². The van der Waals surface area contributed by atoms with Gasteiger partial charge in [-0.05, 0) is 38.0 Å². The zero-order chi connectivity index (χ0) is 16.4. The molecule has 0 bridgehead atoms. The van der Waals surface area contributed by atoms with Crippen molar-refractivity contribution in [2.24, 2.45) is 0 Å². The predicted octanol–water partition coefficient (Wildman–Crippen LogP) is 2.38. The molecule has 2 aliphatic heterocycles. The van der Waals surface area contributed by atoms with Crippen molar-refractivity contribution in [3.05, 3.63) is 30.1 Å². The van der Waals surface area contributed by atoms with Crippen molar-refractivity contribution >= 4 is 17.6 Å². The van der Waals surface area contributed by atoms with Crippen LogP contribution in [-0.4, -0.2) is 47.1 Å². The number of piperidine rings is 1. The Hall–Kier alpha value is -2.15. The van der Waals surface area contributed by atoms with Gasteiger partial charge in [-0.15, -0.1) is 0 Å². The Labute approximate surface area is 134 Å². The lowest BCUT2D eigenvalue weighted by Crippen LogP contribution is -2.48. The first-order chi connectivity index (χ1) is 11.0. The van der Waals surface area contributed by atoms with Gasteiger partial charge in [-0.25, -0.2) is 14.2 Å². The number of carbonyl (C=O) groups excluding carboxylic acids is 2. The third-order valence-electron chi connectivity index (χ3n) is 4.38. The summed E-state index contributed by atoms with van der Waals surface area (Å²) >= 11 is 0. The summed E-state index contributed by atoms with van der Waals surface area (Å²) in [6.45, 7) is 3.42. The molecular formula is C16H20FN3O3. The van der Waals surface area contributed by atoms with Gasteiger partial charge in [-0.2, -0.15) is 0 Å². The molecular weight excluding hydrogens is 301 g/mol. The van der Waals surface area contributed by atoms with E-state index >= 15 is 0 Å². The monoisotopic (exact) mass is 321 g/mol. The number of halogens is 1. The van der Waals surface area contributed by atoms with Gasteiger partial charge in [-0.3, -0.25) is 9.63 Å². The minimum absolute atomic E-state index is 0.00478. The van der Waals surface area contributed by atoms with Gasteiger partial charge in [0.15, 0.2) is 0 Å². The van der Waals surface area contributed by atoms with Crippen LogP contribution >= 0.6 is 0 Å². The van der Waals surface area contributed by atoms with Crippen molar-refractivity contribution in [2.75, 3.05) is 25.0 Å². The first-order valence-corrected chi connectivity index (χ1v) is 7.82. The normalized spacial score (nSPS) is 20.2. The number of urea groups is 1. The highest BCUT2D eigenvalue weighted by Gasteiger charge is 2.46. The number of likely N-dealkylation sites (tertiary alicyclic amines) is 1. The Morgan fingerprint density at radius 2 is 2.13 bits per heavy atom. The third-order valence-corrected chi connectivity index (χ3v) is 4.38. The smallest absolute Gasteiger partial charge is 0.321 e. The number of rotatable bonds is 2. The number of benzene rings is 1. The second-order valence-corrected chi connectivity index (χ2v) is 5.97. The molecule has 1 aromatic carbocycles. The molecule has 0 aliphatic carbocycles. The number of hydrogen-bond acceptors (Lipinski definition) is 3. The molecule has 1 aromatic rings. The summed E-state index contributed by atoms with van der Waals surface area (Å²) in [6.07, 6.45) is 1.61. The fraction of sp³-hybridized carbons (Fsp3) is 0.500. The first-order valence-electron chi connectivity index (χ1n) is 7.82. The minimum atomic E-state index is -0.470. The summed E-state index contributed by atoms with van der Waals surface area (Å²) < 4.78 is 13.1. The summed E-state index contributed by atoms with van der Waals surface area (Å²) in [7, 11) is 0. The van der Waals surface area contributed by atoms with Gasteiger partial charge in [0.2, 0.25) is 5.91 Å². The van der Waals surface area contributed by atoms with E-state index in [0.717, 1.165) is 0 Å². The summed E-state index contributed by atoms with van der Waals surface area (Å²) in [4.78, 5) is 31.5. The zero-order valence-electron chi connectivity index (χ0n) is 13.0. The molecule has 0 atom stereocenters. The summed E-state index contributed by atoms with van der Waals surface area (Å²) in [5.41, 5.74) is -0.0392. The molecule has 7 heteroatoms. The van der Waals surface area contributed by atoms with E-state index in [-0.39, 0.29) is 11.9 Å². The Morgan fingerprint density at radius 3 is 2.74 bits per heavy atom. The Morgan fingerprint density at radius 1 is 1.39 bits per heavy atom. The van der Waals surface area contributed by atoms with Crippen LogP contribution in [0.5, 0.6) is 0 Å². The van der Waals surface area contributed by atoms with Crippen LogP contribution in [0.4, 0.5) is 14.9 Å². The summed E-state index contributed by atoms with van der Waals surface area (Å²) in [5.74, 6) is -0.386. The molecule has 23 heavy (non-hydrogen) atoms. The van der Waals surface area contributed by atoms with Crippen LogP contribution in [0.25, 0.3) is 0 Å². The highest BCUT2D eigenvalue weighted by atomic mass is 19.1. The molecule has 1 spiro atoms. The van der Waals surface area contributed by atoms with Gasteiger partial charge in [0.1, 0.15) is 11.4 Å². The lowest BCUT2D eigenvalue weighted by molar-refractivity contribution is -0.206. The van der Waals surface area contributed by atoms with Gasteiger partial charge < -0.3 is 10.2 Å². The molecule has 2 heterocycles. The van der Waals surface area contributed by atoms with Gasteiger partial charge in [-0.1, -0.05) is 6.07 Å². The molecule has 2 saturated heterocycles. The lowest BCUT2D eigenvalue weighted by atomic mass is 9.89. The molecule has 2 fully saturated rings. The highest BCUT2D eigenvalue weighted by molar-refractivity contribution is 5.89. The molecule has 0 saturated carbocycles. The zero-order valence-corrected chi connectivity index (χ0v) is 13.0. The molecule has 2 aliphatic rings. The molecule has 3 rings (SSSR count). The van der Waals surface area contributed by atoms with Crippen LogP contribution in [0.2, 0.25) is 0 Å². The summed E-state index contributed by atoms with van der Waals surface area (Å²) in [6, 6.07) is 5.54. The van der Waals surface area contributed by atoms with E-state index in [2.05, 4.69) is 5.32 Å². The number of carbonyl (C=O) groups is 2. The van der Waals surface area contributed by atoms with Crippen LogP contribution in [0.1, 0.15) is 26.2 Å². The second kappa shape index (κ2) is 6.16. The number of nitrogens with zero attached hydrogens (tertiary/aromatic N) is 2. The maximum Gasteiger partial charge on any atom is 0.321 e. The van der Waals surface area contributed by atoms with Crippen molar-refractivity contribution in [3.63, 3.8) is 0 Å². The Kier molecular flexibility index (Phi) is 4.21. The van der Waals surface area contributed by atoms with Crippen molar-refractivity contribution in [1.29, 1.82) is 0 Å². The van der Waals surface area contributed by atoms with E-state index < -0.39 is 11.4 Å². The molecule has 6 nitrogen and oxygen atoms in total. The molecule has 3 amide bonds. The Bertz CT molecular complexity index is 614. The molecule has 0 radical (unpaired) electrons. The number of amides is 3. The number of hydroxylamine groups is 2. The Balaban J connectivity index is 1.57.